The first-order chi connectivity index (χ1) is 24.6. The first-order valence-corrected chi connectivity index (χ1v) is 24.7. The molecule has 0 N–H and O–H groups in total. The molecule has 0 amide bonds. The molecule has 0 atom stereocenters. The molecular formula is C44H51IrN3O2Si2-2. The maximum atomic E-state index is 9.10. The Balaban J connectivity index is 0.000000276. The van der Waals surface area contributed by atoms with Crippen molar-refractivity contribution < 1.29 is 31.7 Å². The van der Waals surface area contributed by atoms with Gasteiger partial charge in [0.2, 0.25) is 5.89 Å². The summed E-state index contributed by atoms with van der Waals surface area (Å²) in [4.78, 5) is 14.1. The van der Waals surface area contributed by atoms with Gasteiger partial charge < -0.3 is 18.8 Å². The summed E-state index contributed by atoms with van der Waals surface area (Å²) >= 11 is 0. The molecule has 0 fully saturated rings. The first-order valence-electron chi connectivity index (χ1n) is 18.7. The predicted molar refractivity (Wildman–Crippen MR) is 220 cm³/mol. The van der Waals surface area contributed by atoms with Crippen LogP contribution < -0.4 is 10.4 Å². The normalized spacial score (nSPS) is 13.4. The Morgan fingerprint density at radius 2 is 1.44 bits per heavy atom. The fourth-order valence-electron chi connectivity index (χ4n) is 5.95. The van der Waals surface area contributed by atoms with Gasteiger partial charge in [0.05, 0.1) is 21.7 Å². The molecule has 8 heteroatoms. The SMILES string of the molecule is C[Si](C)(C)c1ccc(-c2[c-]cccc2)nc1.[2H]C([2H])(c1cc(-c2[c-]ccc3c2oc2c3ccc3oc(C(C)(C)C)nc32)ncc1[Si](C)(C)C)C(C)(C)C.[Ir]. The maximum Gasteiger partial charge on any atom is 0.200 e. The topological polar surface area (TPSA) is 65.0 Å². The van der Waals surface area contributed by atoms with Crippen LogP contribution in [0.5, 0.6) is 0 Å². The van der Waals surface area contributed by atoms with Crippen LogP contribution in [0.3, 0.4) is 0 Å². The van der Waals surface area contributed by atoms with Gasteiger partial charge in [0.15, 0.2) is 16.7 Å². The van der Waals surface area contributed by atoms with Gasteiger partial charge in [-0.3, -0.25) is 0 Å². The average Bonchev–Trinajstić information content (AvgIpc) is 3.70. The summed E-state index contributed by atoms with van der Waals surface area (Å²) in [5, 5.41) is 4.33. The standard InChI is InChI=1S/C30H35N2O2Si.C14H16NSi.Ir/c1-29(2,3)16-18-15-22(31-17-24(18)35(7,8)9)21-12-10-11-19-20-13-14-23-25(27(20)34-26(19)21)32-28(33-23)30(4,5)6;1-16(2,3)13-9-10-14(15-11-13)12-7-5-4-6-8-12;/h10-11,13-15,17H,16H2,1-9H3;4-7,9-11H,1-3H3;/q2*-1;/i16D2;;. The fourth-order valence-corrected chi connectivity index (χ4v) is 8.38. The molecule has 4 heterocycles. The van der Waals surface area contributed by atoms with Gasteiger partial charge in [0.1, 0.15) is 0 Å². The van der Waals surface area contributed by atoms with Crippen molar-refractivity contribution in [3.05, 3.63) is 103 Å². The van der Waals surface area contributed by atoms with Crippen LogP contribution in [-0.2, 0) is 31.9 Å². The van der Waals surface area contributed by atoms with Crippen molar-refractivity contribution in [2.75, 3.05) is 0 Å². The molecule has 7 aromatic rings. The number of hydrogen-bond donors (Lipinski definition) is 0. The summed E-state index contributed by atoms with van der Waals surface area (Å²) in [6, 6.07) is 28.5. The van der Waals surface area contributed by atoms with E-state index in [1.54, 1.807) is 0 Å². The molecule has 3 aromatic carbocycles. The summed E-state index contributed by atoms with van der Waals surface area (Å²) in [6.07, 6.45) is 2.35. The second-order valence-corrected chi connectivity index (χ2v) is 27.6. The van der Waals surface area contributed by atoms with E-state index in [1.807, 2.05) is 87.8 Å². The molecule has 4 aromatic heterocycles. The van der Waals surface area contributed by atoms with E-state index in [-0.39, 0.29) is 25.5 Å². The molecule has 0 spiro atoms. The van der Waals surface area contributed by atoms with Gasteiger partial charge in [-0.15, -0.1) is 54.1 Å². The van der Waals surface area contributed by atoms with Gasteiger partial charge >= 0.3 is 0 Å². The monoisotopic (exact) mass is 904 g/mol. The summed E-state index contributed by atoms with van der Waals surface area (Å²) in [6.45, 7) is 25.7. The zero-order chi connectivity index (χ0) is 38.7. The Hall–Kier alpha value is -3.69. The molecule has 0 aliphatic carbocycles. The number of rotatable bonds is 5. The molecule has 0 aliphatic rings. The van der Waals surface area contributed by atoms with Crippen LogP contribution in [0.15, 0.2) is 88.0 Å². The maximum absolute atomic E-state index is 9.10. The quantitative estimate of drug-likeness (QED) is 0.127. The van der Waals surface area contributed by atoms with Crippen LogP contribution in [0.2, 0.25) is 39.3 Å². The number of furan rings is 1. The summed E-state index contributed by atoms with van der Waals surface area (Å²) in [5.41, 5.74) is 6.08. The molecule has 1 radical (unpaired) electrons. The molecule has 7 rings (SSSR count). The average molecular weight is 904 g/mol. The molecule has 52 heavy (non-hydrogen) atoms. The van der Waals surface area contributed by atoms with Crippen LogP contribution in [0.25, 0.3) is 55.6 Å². The molecule has 0 bridgehead atoms. The zero-order valence-corrected chi connectivity index (χ0v) is 36.9. The van der Waals surface area contributed by atoms with E-state index in [4.69, 9.17) is 21.5 Å². The van der Waals surface area contributed by atoms with Gasteiger partial charge in [-0.25, -0.2) is 4.98 Å². The Labute approximate surface area is 327 Å². The van der Waals surface area contributed by atoms with Crippen molar-refractivity contribution in [1.29, 1.82) is 0 Å². The summed E-state index contributed by atoms with van der Waals surface area (Å²) < 4.78 is 30.7. The first kappa shape index (κ1) is 36.7. The summed E-state index contributed by atoms with van der Waals surface area (Å²) in [7, 11) is -3.10. The third kappa shape index (κ3) is 8.57. The Bertz CT molecular complexity index is 2410. The summed E-state index contributed by atoms with van der Waals surface area (Å²) in [5.74, 6) is 0.667. The minimum absolute atomic E-state index is 0. The zero-order valence-electron chi connectivity index (χ0n) is 34.5. The van der Waals surface area contributed by atoms with E-state index >= 15 is 0 Å². The molecule has 0 unspecified atom stereocenters. The van der Waals surface area contributed by atoms with Crippen LogP contribution >= 0.6 is 0 Å². The largest absolute Gasteiger partial charge is 0.498 e. The van der Waals surface area contributed by atoms with Crippen LogP contribution in [0.4, 0.5) is 0 Å². The smallest absolute Gasteiger partial charge is 0.200 e. The van der Waals surface area contributed by atoms with Crippen molar-refractivity contribution in [3.63, 3.8) is 0 Å². The number of fused-ring (bicyclic) bond motifs is 5. The molecule has 0 saturated carbocycles. The van der Waals surface area contributed by atoms with Gasteiger partial charge in [-0.2, -0.15) is 0 Å². The third-order valence-electron chi connectivity index (χ3n) is 8.69. The fraction of sp³-hybridized carbons (Fsp3) is 0.341. The van der Waals surface area contributed by atoms with Crippen LogP contribution in [0, 0.1) is 17.5 Å². The van der Waals surface area contributed by atoms with Crippen molar-refractivity contribution >= 4 is 59.6 Å². The van der Waals surface area contributed by atoms with Gasteiger partial charge in [0, 0.05) is 46.0 Å². The van der Waals surface area contributed by atoms with Gasteiger partial charge in [-0.05, 0) is 45.7 Å². The van der Waals surface area contributed by atoms with E-state index in [9.17, 15) is 0 Å². The van der Waals surface area contributed by atoms with Crippen molar-refractivity contribution in [1.82, 2.24) is 15.0 Å². The Kier molecular flexibility index (Phi) is 10.3. The van der Waals surface area contributed by atoms with Crippen molar-refractivity contribution in [2.24, 2.45) is 5.41 Å². The third-order valence-corrected chi connectivity index (χ3v) is 12.7. The Morgan fingerprint density at radius 1 is 0.731 bits per heavy atom. The molecule has 0 aliphatic heterocycles. The predicted octanol–water partition coefficient (Wildman–Crippen LogP) is 11.1. The van der Waals surface area contributed by atoms with Gasteiger partial charge in [-0.1, -0.05) is 116 Å². The van der Waals surface area contributed by atoms with E-state index in [0.717, 1.165) is 32.8 Å². The Morgan fingerprint density at radius 3 is 2.04 bits per heavy atom. The van der Waals surface area contributed by atoms with E-state index < -0.39 is 27.9 Å². The minimum atomic E-state index is -1.87. The number of oxazole rings is 1. The number of hydrogen-bond acceptors (Lipinski definition) is 5. The van der Waals surface area contributed by atoms with E-state index in [0.29, 0.717) is 39.4 Å². The second-order valence-electron chi connectivity index (χ2n) is 17.5. The molecule has 273 valence electrons. The van der Waals surface area contributed by atoms with E-state index in [1.165, 1.54) is 5.19 Å². The molecule has 5 nitrogen and oxygen atoms in total. The number of pyridine rings is 2. The van der Waals surface area contributed by atoms with Gasteiger partial charge in [0.25, 0.3) is 0 Å². The van der Waals surface area contributed by atoms with Crippen molar-refractivity contribution in [2.45, 2.75) is 92.6 Å². The number of nitrogens with zero attached hydrogens (tertiary/aromatic N) is 3. The minimum Gasteiger partial charge on any atom is -0.498 e. The van der Waals surface area contributed by atoms with Crippen LogP contribution in [0.1, 0.15) is 55.7 Å². The second kappa shape index (κ2) is 14.6. The molecule has 0 saturated heterocycles. The molecular weight excluding hydrogens is 851 g/mol. The number of aromatic nitrogens is 3. The van der Waals surface area contributed by atoms with Crippen molar-refractivity contribution in [3.8, 4) is 22.5 Å². The number of benzene rings is 3. The van der Waals surface area contributed by atoms with E-state index in [2.05, 4.69) is 89.3 Å². The van der Waals surface area contributed by atoms with Crippen LogP contribution in [-0.4, -0.2) is 31.1 Å².